The first-order chi connectivity index (χ1) is 15.7. The molecule has 0 bridgehead atoms. The lowest BCUT2D eigenvalue weighted by atomic mass is 9.75. The van der Waals surface area contributed by atoms with E-state index in [1.165, 1.54) is 0 Å². The van der Waals surface area contributed by atoms with Crippen molar-refractivity contribution in [2.45, 2.75) is 153 Å². The molecular weight excluding hydrogens is 478 g/mol. The molecule has 7 heteroatoms. The summed E-state index contributed by atoms with van der Waals surface area (Å²) in [4.78, 5) is 13.1. The van der Waals surface area contributed by atoms with Gasteiger partial charge in [-0.1, -0.05) is 61.8 Å². The van der Waals surface area contributed by atoms with Crippen LogP contribution in [0.4, 0.5) is 0 Å². The van der Waals surface area contributed by atoms with Gasteiger partial charge in [-0.15, -0.1) is 0 Å². The van der Waals surface area contributed by atoms with Crippen LogP contribution in [0.3, 0.4) is 0 Å². The van der Waals surface area contributed by atoms with Crippen molar-refractivity contribution < 1.29 is 19.4 Å². The standard InChI is InChI=1S/C28H53NO4S2/c1-24(2)12-10-11-20(30)21(14-24)32-16-19-13-22(25(3,4)17-26(5,6)34)33-28(9,15-23(31)29-19)18-27(7,8)35/h19-22,30,34-35H,10-18H2,1-9H3,(H,29,31). The molecule has 5 atom stereocenters. The number of ether oxygens (including phenoxy) is 2. The molecule has 1 aliphatic carbocycles. The van der Waals surface area contributed by atoms with Gasteiger partial charge in [0.15, 0.2) is 0 Å². The first kappa shape index (κ1) is 31.3. The topological polar surface area (TPSA) is 67.8 Å². The minimum atomic E-state index is -0.620. The number of thiol groups is 2. The van der Waals surface area contributed by atoms with Gasteiger partial charge in [-0.3, -0.25) is 4.79 Å². The molecule has 2 rings (SSSR count). The third-order valence-corrected chi connectivity index (χ3v) is 7.76. The van der Waals surface area contributed by atoms with Crippen LogP contribution in [-0.4, -0.2) is 57.1 Å². The Kier molecular flexibility index (Phi) is 10.2. The maximum Gasteiger partial charge on any atom is 0.223 e. The predicted octanol–water partition coefficient (Wildman–Crippen LogP) is 5.98. The van der Waals surface area contributed by atoms with Crippen molar-refractivity contribution in [3.05, 3.63) is 0 Å². The summed E-state index contributed by atoms with van der Waals surface area (Å²) in [5.74, 6) is -0.0220. The van der Waals surface area contributed by atoms with E-state index in [1.54, 1.807) is 0 Å². The monoisotopic (exact) mass is 531 g/mol. The minimum Gasteiger partial charge on any atom is -0.390 e. The SMILES string of the molecule is CC(C)(S)CC1(C)CC(=O)NC(COC2CC(C)(C)CCCC2O)CC(C(C)(C)CC(C)(C)S)O1. The molecule has 1 amide bonds. The average Bonchev–Trinajstić information content (AvgIpc) is 2.71. The molecule has 5 unspecified atom stereocenters. The van der Waals surface area contributed by atoms with Gasteiger partial charge in [0.1, 0.15) is 0 Å². The highest BCUT2D eigenvalue weighted by Crippen LogP contribution is 2.43. The Balaban J connectivity index is 2.25. The fourth-order valence-corrected chi connectivity index (χ4v) is 7.12. The molecule has 0 aromatic carbocycles. The van der Waals surface area contributed by atoms with Crippen LogP contribution in [0, 0.1) is 10.8 Å². The normalized spacial score (nSPS) is 33.4. The minimum absolute atomic E-state index is 0.0220. The molecule has 1 aliphatic heterocycles. The number of amides is 1. The Labute approximate surface area is 226 Å². The van der Waals surface area contributed by atoms with Crippen LogP contribution in [0.1, 0.15) is 114 Å². The van der Waals surface area contributed by atoms with E-state index in [0.717, 1.165) is 32.1 Å². The molecule has 1 heterocycles. The first-order valence-electron chi connectivity index (χ1n) is 13.4. The summed E-state index contributed by atoms with van der Waals surface area (Å²) >= 11 is 9.58. The van der Waals surface area contributed by atoms with Crippen molar-refractivity contribution in [1.82, 2.24) is 5.32 Å². The van der Waals surface area contributed by atoms with Crippen LogP contribution in [0.15, 0.2) is 0 Å². The van der Waals surface area contributed by atoms with E-state index in [4.69, 9.17) is 34.7 Å². The highest BCUT2D eigenvalue weighted by molar-refractivity contribution is 7.81. The van der Waals surface area contributed by atoms with Gasteiger partial charge in [-0.05, 0) is 56.3 Å². The van der Waals surface area contributed by atoms with E-state index in [2.05, 4.69) is 60.7 Å². The van der Waals surface area contributed by atoms with Gasteiger partial charge in [-0.2, -0.15) is 25.3 Å². The van der Waals surface area contributed by atoms with Crippen LogP contribution in [-0.2, 0) is 14.3 Å². The largest absolute Gasteiger partial charge is 0.390 e. The van der Waals surface area contributed by atoms with Gasteiger partial charge in [0, 0.05) is 9.49 Å². The molecular formula is C28H53NO4S2. The van der Waals surface area contributed by atoms with Crippen molar-refractivity contribution >= 4 is 31.2 Å². The molecule has 0 radical (unpaired) electrons. The lowest BCUT2D eigenvalue weighted by molar-refractivity contribution is -0.165. The van der Waals surface area contributed by atoms with E-state index < -0.39 is 11.7 Å². The molecule has 5 nitrogen and oxygen atoms in total. The Bertz CT molecular complexity index is 713. The number of aliphatic hydroxyl groups excluding tert-OH is 1. The van der Waals surface area contributed by atoms with Crippen LogP contribution in [0.25, 0.3) is 0 Å². The fraction of sp³-hybridized carbons (Fsp3) is 0.964. The highest BCUT2D eigenvalue weighted by Gasteiger charge is 2.45. The number of hydrogen-bond donors (Lipinski definition) is 4. The first-order valence-corrected chi connectivity index (χ1v) is 14.3. The summed E-state index contributed by atoms with van der Waals surface area (Å²) in [5.41, 5.74) is -0.650. The van der Waals surface area contributed by atoms with E-state index in [9.17, 15) is 9.90 Å². The average molecular weight is 532 g/mol. The quantitative estimate of drug-likeness (QED) is 0.230. The Morgan fingerprint density at radius 3 is 2.31 bits per heavy atom. The van der Waals surface area contributed by atoms with E-state index in [-0.39, 0.29) is 50.9 Å². The van der Waals surface area contributed by atoms with Crippen LogP contribution in [0.2, 0.25) is 0 Å². The lowest BCUT2D eigenvalue weighted by Gasteiger charge is -2.47. The summed E-state index contributed by atoms with van der Waals surface area (Å²) in [6.45, 7) is 19.8. The highest BCUT2D eigenvalue weighted by atomic mass is 32.1. The number of nitrogens with one attached hydrogen (secondary N) is 1. The summed E-state index contributed by atoms with van der Waals surface area (Å²) in [6, 6.07) is -0.179. The van der Waals surface area contributed by atoms with Gasteiger partial charge in [0.05, 0.1) is 43.0 Å². The van der Waals surface area contributed by atoms with Crippen LogP contribution in [0.5, 0.6) is 0 Å². The smallest absolute Gasteiger partial charge is 0.223 e. The van der Waals surface area contributed by atoms with Gasteiger partial charge in [-0.25, -0.2) is 0 Å². The molecule has 1 saturated carbocycles. The molecule has 0 aromatic rings. The third kappa shape index (κ3) is 10.7. The van der Waals surface area contributed by atoms with E-state index in [0.29, 0.717) is 19.4 Å². The second kappa shape index (κ2) is 11.4. The molecule has 2 fully saturated rings. The molecule has 35 heavy (non-hydrogen) atoms. The summed E-state index contributed by atoms with van der Waals surface area (Å²) < 4.78 is 12.8. The zero-order chi connectivity index (χ0) is 26.9. The fourth-order valence-electron chi connectivity index (χ4n) is 6.37. The van der Waals surface area contributed by atoms with E-state index in [1.807, 2.05) is 6.92 Å². The molecule has 206 valence electrons. The molecule has 2 aliphatic rings. The van der Waals surface area contributed by atoms with Gasteiger partial charge < -0.3 is 19.9 Å². The molecule has 2 N–H and O–H groups in total. The number of rotatable bonds is 8. The Morgan fingerprint density at radius 2 is 1.74 bits per heavy atom. The van der Waals surface area contributed by atoms with E-state index >= 15 is 0 Å². The van der Waals surface area contributed by atoms with Crippen LogP contribution >= 0.6 is 25.3 Å². The maximum atomic E-state index is 13.1. The zero-order valence-electron chi connectivity index (χ0n) is 23.7. The second-order valence-electron chi connectivity index (χ2n) is 14.4. The van der Waals surface area contributed by atoms with Crippen LogP contribution < -0.4 is 5.32 Å². The van der Waals surface area contributed by atoms with Crippen molar-refractivity contribution in [2.24, 2.45) is 10.8 Å². The van der Waals surface area contributed by atoms with Gasteiger partial charge >= 0.3 is 0 Å². The number of hydrogen-bond acceptors (Lipinski definition) is 6. The summed E-state index contributed by atoms with van der Waals surface area (Å²) in [5, 5.41) is 13.9. The van der Waals surface area contributed by atoms with Crippen molar-refractivity contribution in [3.63, 3.8) is 0 Å². The van der Waals surface area contributed by atoms with Crippen molar-refractivity contribution in [1.29, 1.82) is 0 Å². The zero-order valence-corrected chi connectivity index (χ0v) is 25.5. The number of aliphatic hydroxyl groups is 1. The predicted molar refractivity (Wildman–Crippen MR) is 152 cm³/mol. The Hall–Kier alpha value is 0.0500. The van der Waals surface area contributed by atoms with Gasteiger partial charge in [0.2, 0.25) is 5.91 Å². The molecule has 1 saturated heterocycles. The second-order valence-corrected chi connectivity index (χ2v) is 16.8. The van der Waals surface area contributed by atoms with Gasteiger partial charge in [0.25, 0.3) is 0 Å². The summed E-state index contributed by atoms with van der Waals surface area (Å²) in [7, 11) is 0. The summed E-state index contributed by atoms with van der Waals surface area (Å²) in [6.07, 6.45) is 5.38. The number of carbonyl (C=O) groups excluding carboxylic acids is 1. The van der Waals surface area contributed by atoms with Crippen molar-refractivity contribution in [2.75, 3.05) is 6.61 Å². The molecule has 0 spiro atoms. The number of carbonyl (C=O) groups is 1. The van der Waals surface area contributed by atoms with Crippen molar-refractivity contribution in [3.8, 4) is 0 Å². The third-order valence-electron chi connectivity index (χ3n) is 7.44. The maximum absolute atomic E-state index is 13.1. The molecule has 0 aromatic heterocycles. The lowest BCUT2D eigenvalue weighted by Crippen LogP contribution is -2.54. The Morgan fingerprint density at radius 1 is 1.11 bits per heavy atom.